The molecule has 1 aromatic carbocycles. The van der Waals surface area contributed by atoms with Crippen molar-refractivity contribution < 1.29 is 0 Å². The molecule has 66 valence electrons. The van der Waals surface area contributed by atoms with E-state index in [9.17, 15) is 0 Å². The van der Waals surface area contributed by atoms with Gasteiger partial charge in [0.2, 0.25) is 0 Å². The fourth-order valence-electron chi connectivity index (χ4n) is 1.23. The van der Waals surface area contributed by atoms with Gasteiger partial charge in [-0.2, -0.15) is 0 Å². The minimum absolute atomic E-state index is 0.742. The fraction of sp³-hybridized carbons (Fsp3) is 0.100. The zero-order valence-corrected chi connectivity index (χ0v) is 7.96. The molecule has 0 aliphatic carbocycles. The van der Waals surface area contributed by atoms with Gasteiger partial charge in [-0.25, -0.2) is 4.98 Å². The third kappa shape index (κ3) is 2.12. The van der Waals surface area contributed by atoms with E-state index in [0.717, 1.165) is 17.3 Å². The number of H-pyrrole nitrogens is 1. The van der Waals surface area contributed by atoms with Crippen molar-refractivity contribution in [3.63, 3.8) is 0 Å². The van der Waals surface area contributed by atoms with Crippen molar-refractivity contribution in [3.8, 4) is 0 Å². The summed E-state index contributed by atoms with van der Waals surface area (Å²) in [7, 11) is 0. The second-order valence-electron chi connectivity index (χ2n) is 2.87. The summed E-state index contributed by atoms with van der Waals surface area (Å²) in [5.41, 5.74) is 1.25. The largest absolute Gasteiger partial charge is 0.347 e. The molecule has 0 amide bonds. The summed E-state index contributed by atoms with van der Waals surface area (Å²) in [5.74, 6) is 0.955. The van der Waals surface area contributed by atoms with Crippen molar-refractivity contribution in [2.24, 2.45) is 0 Å². The number of aromatic nitrogens is 2. The van der Waals surface area contributed by atoms with Crippen LogP contribution in [-0.2, 0) is 6.42 Å². The van der Waals surface area contributed by atoms with Crippen molar-refractivity contribution >= 4 is 12.6 Å². The van der Waals surface area contributed by atoms with Crippen LogP contribution in [-0.4, -0.2) is 9.97 Å². The van der Waals surface area contributed by atoms with E-state index >= 15 is 0 Å². The molecule has 13 heavy (non-hydrogen) atoms. The summed E-state index contributed by atoms with van der Waals surface area (Å²) in [6.07, 6.45) is 2.63. The molecule has 0 saturated carbocycles. The van der Waals surface area contributed by atoms with Gasteiger partial charge >= 0.3 is 0 Å². The van der Waals surface area contributed by atoms with Crippen LogP contribution in [0.15, 0.2) is 41.6 Å². The molecule has 2 aromatic rings. The van der Waals surface area contributed by atoms with Crippen LogP contribution in [0.25, 0.3) is 0 Å². The van der Waals surface area contributed by atoms with Crippen LogP contribution in [0.2, 0.25) is 0 Å². The Balaban J connectivity index is 2.15. The quantitative estimate of drug-likeness (QED) is 0.699. The first-order chi connectivity index (χ1) is 6.34. The van der Waals surface area contributed by atoms with E-state index in [4.69, 9.17) is 0 Å². The Morgan fingerprint density at radius 2 is 2.00 bits per heavy atom. The number of benzene rings is 1. The lowest BCUT2D eigenvalue weighted by molar-refractivity contribution is 1.00. The van der Waals surface area contributed by atoms with Gasteiger partial charge in [0.15, 0.2) is 0 Å². The van der Waals surface area contributed by atoms with E-state index in [1.54, 1.807) is 6.20 Å². The number of imidazole rings is 1. The summed E-state index contributed by atoms with van der Waals surface area (Å²) < 4.78 is 0. The molecule has 2 nitrogen and oxygen atoms in total. The molecule has 0 aliphatic rings. The van der Waals surface area contributed by atoms with Crippen molar-refractivity contribution in [1.29, 1.82) is 0 Å². The van der Waals surface area contributed by atoms with Crippen molar-refractivity contribution in [3.05, 3.63) is 47.9 Å². The molecular weight excluding hydrogens is 180 g/mol. The molecule has 0 spiro atoms. The van der Waals surface area contributed by atoms with Gasteiger partial charge in [0.05, 0.1) is 0 Å². The van der Waals surface area contributed by atoms with Crippen molar-refractivity contribution in [2.45, 2.75) is 11.4 Å². The predicted octanol–water partition coefficient (Wildman–Crippen LogP) is 2.29. The molecule has 1 heterocycles. The van der Waals surface area contributed by atoms with E-state index in [2.05, 4.69) is 34.7 Å². The second-order valence-corrected chi connectivity index (χ2v) is 3.33. The Kier molecular flexibility index (Phi) is 2.36. The lowest BCUT2D eigenvalue weighted by atomic mass is 10.1. The minimum Gasteiger partial charge on any atom is -0.347 e. The van der Waals surface area contributed by atoms with Gasteiger partial charge in [0.25, 0.3) is 0 Å². The average Bonchev–Trinajstić information content (AvgIpc) is 2.53. The highest BCUT2D eigenvalue weighted by molar-refractivity contribution is 7.80. The van der Waals surface area contributed by atoms with Gasteiger partial charge in [-0.15, -0.1) is 12.6 Å². The highest BCUT2D eigenvalue weighted by Gasteiger charge is 1.98. The predicted molar refractivity (Wildman–Crippen MR) is 55.1 cm³/mol. The molecule has 1 aromatic heterocycles. The molecule has 0 atom stereocenters. The third-order valence-electron chi connectivity index (χ3n) is 1.83. The molecule has 1 N–H and O–H groups in total. The molecule has 3 heteroatoms. The molecule has 0 aliphatic heterocycles. The number of nitrogens with one attached hydrogen (secondary N) is 1. The van der Waals surface area contributed by atoms with Gasteiger partial charge in [-0.05, 0) is 5.56 Å². The molecule has 0 fully saturated rings. The topological polar surface area (TPSA) is 28.7 Å². The van der Waals surface area contributed by atoms with Gasteiger partial charge in [-0.1, -0.05) is 30.3 Å². The number of nitrogens with zero attached hydrogens (tertiary/aromatic N) is 1. The Hall–Kier alpha value is -1.22. The Bertz CT molecular complexity index is 381. The zero-order chi connectivity index (χ0) is 9.10. The second kappa shape index (κ2) is 3.66. The van der Waals surface area contributed by atoms with Crippen molar-refractivity contribution in [1.82, 2.24) is 9.97 Å². The highest BCUT2D eigenvalue weighted by atomic mass is 32.1. The normalized spacial score (nSPS) is 10.2. The van der Waals surface area contributed by atoms with E-state index in [1.165, 1.54) is 5.56 Å². The van der Waals surface area contributed by atoms with E-state index in [1.807, 2.05) is 18.2 Å². The van der Waals surface area contributed by atoms with Crippen LogP contribution in [0, 0.1) is 0 Å². The van der Waals surface area contributed by atoms with Gasteiger partial charge < -0.3 is 4.98 Å². The minimum atomic E-state index is 0.742. The first-order valence-corrected chi connectivity index (χ1v) is 4.56. The maximum absolute atomic E-state index is 4.21. The number of hydrogen-bond donors (Lipinski definition) is 2. The number of hydrogen-bond acceptors (Lipinski definition) is 2. The Morgan fingerprint density at radius 3 is 2.62 bits per heavy atom. The summed E-state index contributed by atoms with van der Waals surface area (Å²) in [6, 6.07) is 10.2. The molecule has 0 unspecified atom stereocenters. The molecule has 0 radical (unpaired) electrons. The molecule has 2 rings (SSSR count). The van der Waals surface area contributed by atoms with Crippen LogP contribution in [0.4, 0.5) is 0 Å². The Morgan fingerprint density at radius 1 is 1.23 bits per heavy atom. The summed E-state index contributed by atoms with van der Waals surface area (Å²) >= 11 is 4.13. The monoisotopic (exact) mass is 190 g/mol. The van der Waals surface area contributed by atoms with Crippen LogP contribution in [0.3, 0.4) is 0 Å². The van der Waals surface area contributed by atoms with Crippen LogP contribution >= 0.6 is 12.6 Å². The molecule has 0 saturated heterocycles. The lowest BCUT2D eigenvalue weighted by Gasteiger charge is -1.95. The zero-order valence-electron chi connectivity index (χ0n) is 7.07. The maximum Gasteiger partial charge on any atom is 0.111 e. The van der Waals surface area contributed by atoms with Crippen LogP contribution in [0.5, 0.6) is 0 Å². The summed E-state index contributed by atoms with van der Waals surface area (Å²) in [6.45, 7) is 0. The standard InChI is InChI=1S/C10H10N2S/c13-10-7-11-9(12-10)6-8-4-2-1-3-5-8/h1-5,7,13H,6H2,(H,11,12). The van der Waals surface area contributed by atoms with Gasteiger partial charge in [0.1, 0.15) is 10.9 Å². The third-order valence-corrected chi connectivity index (χ3v) is 2.06. The van der Waals surface area contributed by atoms with E-state index in [-0.39, 0.29) is 0 Å². The smallest absolute Gasteiger partial charge is 0.111 e. The summed E-state index contributed by atoms with van der Waals surface area (Å²) in [4.78, 5) is 7.28. The van der Waals surface area contributed by atoms with Gasteiger partial charge in [-0.3, -0.25) is 0 Å². The van der Waals surface area contributed by atoms with Crippen LogP contribution in [0.1, 0.15) is 11.4 Å². The SMILES string of the molecule is Sc1c[nH]c(Cc2ccccc2)n1. The van der Waals surface area contributed by atoms with E-state index < -0.39 is 0 Å². The average molecular weight is 190 g/mol. The summed E-state index contributed by atoms with van der Waals surface area (Å²) in [5, 5.41) is 0.742. The van der Waals surface area contributed by atoms with Crippen LogP contribution < -0.4 is 0 Å². The number of aromatic amines is 1. The number of thiol groups is 1. The highest BCUT2D eigenvalue weighted by Crippen LogP contribution is 2.07. The first-order valence-electron chi connectivity index (χ1n) is 4.12. The fourth-order valence-corrected chi connectivity index (χ4v) is 1.42. The molecular formula is C10H10N2S. The molecule has 0 bridgehead atoms. The maximum atomic E-state index is 4.21. The first kappa shape index (κ1) is 8.38. The van der Waals surface area contributed by atoms with Gasteiger partial charge in [0, 0.05) is 12.6 Å². The number of rotatable bonds is 2. The van der Waals surface area contributed by atoms with Crippen molar-refractivity contribution in [2.75, 3.05) is 0 Å². The Labute approximate surface area is 82.4 Å². The lowest BCUT2D eigenvalue weighted by Crippen LogP contribution is -1.89. The van der Waals surface area contributed by atoms with E-state index in [0.29, 0.717) is 0 Å².